The lowest BCUT2D eigenvalue weighted by atomic mass is 9.94. The Bertz CT molecular complexity index is 1150. The summed E-state index contributed by atoms with van der Waals surface area (Å²) >= 11 is 0. The SMILES string of the molecule is CCc1ccc2c(n1)oc1c(-c3ccc(C(CC)CC)c[n+]3C)c(C)ccc12. The van der Waals surface area contributed by atoms with Crippen molar-refractivity contribution in [3.05, 3.63) is 59.4 Å². The van der Waals surface area contributed by atoms with Gasteiger partial charge in [-0.15, -0.1) is 0 Å². The summed E-state index contributed by atoms with van der Waals surface area (Å²) in [6, 6.07) is 13.1. The smallest absolute Gasteiger partial charge is 0.227 e. The first-order valence-electron chi connectivity index (χ1n) is 10.4. The highest BCUT2D eigenvalue weighted by molar-refractivity contribution is 6.08. The van der Waals surface area contributed by atoms with E-state index in [4.69, 9.17) is 9.40 Å². The van der Waals surface area contributed by atoms with E-state index in [0.717, 1.165) is 39.7 Å². The van der Waals surface area contributed by atoms with Crippen molar-refractivity contribution >= 4 is 22.1 Å². The summed E-state index contributed by atoms with van der Waals surface area (Å²) < 4.78 is 8.56. The van der Waals surface area contributed by atoms with Crippen LogP contribution >= 0.6 is 0 Å². The number of rotatable bonds is 5. The maximum Gasteiger partial charge on any atom is 0.227 e. The molecular weight excluding hydrogens is 344 g/mol. The Kier molecular flexibility index (Phi) is 4.92. The van der Waals surface area contributed by atoms with Gasteiger partial charge in [-0.05, 0) is 55.9 Å². The second-order valence-electron chi connectivity index (χ2n) is 7.72. The fraction of sp³-hybridized carbons (Fsp3) is 0.360. The van der Waals surface area contributed by atoms with Crippen molar-refractivity contribution in [2.45, 2.75) is 52.9 Å². The van der Waals surface area contributed by atoms with Crippen molar-refractivity contribution in [2.24, 2.45) is 7.05 Å². The van der Waals surface area contributed by atoms with Gasteiger partial charge >= 0.3 is 0 Å². The molecule has 0 atom stereocenters. The maximum absolute atomic E-state index is 6.31. The molecule has 4 aromatic rings. The van der Waals surface area contributed by atoms with Crippen LogP contribution in [0.1, 0.15) is 56.4 Å². The lowest BCUT2D eigenvalue weighted by Crippen LogP contribution is -2.31. The Morgan fingerprint density at radius 1 is 0.964 bits per heavy atom. The third-order valence-corrected chi connectivity index (χ3v) is 6.00. The van der Waals surface area contributed by atoms with E-state index in [2.05, 4.69) is 81.9 Å². The zero-order valence-electron chi connectivity index (χ0n) is 17.5. The number of pyridine rings is 2. The number of aromatic nitrogens is 2. The molecule has 3 nitrogen and oxygen atoms in total. The molecule has 0 aliphatic rings. The molecule has 3 heteroatoms. The standard InChI is InChI=1S/C25H29N2O/c1-6-17(7-2)18-10-14-22(27(5)15-18)23-16(4)9-12-20-21-13-11-19(8-3)26-25(21)28-24(20)23/h9-15,17H,6-8H2,1-5H3/q+1. The van der Waals surface area contributed by atoms with E-state index in [1.807, 2.05) is 0 Å². The van der Waals surface area contributed by atoms with E-state index < -0.39 is 0 Å². The molecule has 0 aliphatic heterocycles. The fourth-order valence-electron chi connectivity index (χ4n) is 4.26. The molecule has 1 aromatic carbocycles. The topological polar surface area (TPSA) is 29.9 Å². The first-order valence-corrected chi connectivity index (χ1v) is 10.4. The number of fused-ring (bicyclic) bond motifs is 3. The van der Waals surface area contributed by atoms with Crippen LogP contribution in [0.4, 0.5) is 0 Å². The van der Waals surface area contributed by atoms with E-state index in [1.165, 1.54) is 29.7 Å². The van der Waals surface area contributed by atoms with Gasteiger partial charge in [0.15, 0.2) is 11.8 Å². The van der Waals surface area contributed by atoms with Crippen molar-refractivity contribution in [2.75, 3.05) is 0 Å². The van der Waals surface area contributed by atoms with E-state index in [1.54, 1.807) is 0 Å². The zero-order chi connectivity index (χ0) is 19.8. The number of benzene rings is 1. The summed E-state index contributed by atoms with van der Waals surface area (Å²) in [6.45, 7) is 8.80. The van der Waals surface area contributed by atoms with Gasteiger partial charge in [-0.25, -0.2) is 9.55 Å². The predicted octanol–water partition coefficient (Wildman–Crippen LogP) is 6.25. The van der Waals surface area contributed by atoms with Crippen LogP contribution in [0, 0.1) is 6.92 Å². The lowest BCUT2D eigenvalue weighted by Gasteiger charge is -2.12. The Morgan fingerprint density at radius 2 is 1.71 bits per heavy atom. The van der Waals surface area contributed by atoms with Gasteiger partial charge in [0.25, 0.3) is 0 Å². The van der Waals surface area contributed by atoms with Crippen molar-refractivity contribution in [1.29, 1.82) is 0 Å². The monoisotopic (exact) mass is 373 g/mol. The van der Waals surface area contributed by atoms with Crippen LogP contribution in [-0.4, -0.2) is 4.98 Å². The van der Waals surface area contributed by atoms with Gasteiger partial charge in [0.2, 0.25) is 11.4 Å². The average Bonchev–Trinajstić information content (AvgIpc) is 3.07. The Hall–Kier alpha value is -2.68. The molecule has 0 radical (unpaired) electrons. The first kappa shape index (κ1) is 18.7. The molecule has 0 saturated heterocycles. The minimum atomic E-state index is 0.611. The molecule has 0 saturated carbocycles. The number of hydrogen-bond donors (Lipinski definition) is 0. The second kappa shape index (κ2) is 7.38. The minimum absolute atomic E-state index is 0.611. The highest BCUT2D eigenvalue weighted by Crippen LogP contribution is 2.36. The molecule has 3 aromatic heterocycles. The summed E-state index contributed by atoms with van der Waals surface area (Å²) in [6.07, 6.45) is 5.52. The predicted molar refractivity (Wildman–Crippen MR) is 116 cm³/mol. The number of aryl methyl sites for hydroxylation is 3. The fourth-order valence-corrected chi connectivity index (χ4v) is 4.26. The molecule has 0 aliphatic carbocycles. The lowest BCUT2D eigenvalue weighted by molar-refractivity contribution is -0.660. The van der Waals surface area contributed by atoms with Crippen molar-refractivity contribution < 1.29 is 8.98 Å². The summed E-state index contributed by atoms with van der Waals surface area (Å²) in [5.74, 6) is 0.611. The van der Waals surface area contributed by atoms with Crippen LogP contribution in [0.25, 0.3) is 33.3 Å². The Morgan fingerprint density at radius 3 is 2.39 bits per heavy atom. The summed E-state index contributed by atoms with van der Waals surface area (Å²) in [5, 5.41) is 2.22. The zero-order valence-corrected chi connectivity index (χ0v) is 17.5. The highest BCUT2D eigenvalue weighted by Gasteiger charge is 2.22. The third-order valence-electron chi connectivity index (χ3n) is 6.00. The quantitative estimate of drug-likeness (QED) is 0.387. The molecule has 0 fully saturated rings. The van der Waals surface area contributed by atoms with Crippen LogP contribution in [0.15, 0.2) is 47.0 Å². The summed E-state index contributed by atoms with van der Waals surface area (Å²) in [7, 11) is 2.13. The second-order valence-corrected chi connectivity index (χ2v) is 7.72. The molecule has 3 heterocycles. The molecule has 0 amide bonds. The number of nitrogens with zero attached hydrogens (tertiary/aromatic N) is 2. The van der Waals surface area contributed by atoms with Gasteiger partial charge in [-0.2, -0.15) is 0 Å². The third kappa shape index (κ3) is 2.99. The van der Waals surface area contributed by atoms with E-state index >= 15 is 0 Å². The molecule has 0 N–H and O–H groups in total. The summed E-state index contributed by atoms with van der Waals surface area (Å²) in [5.41, 5.74) is 7.68. The van der Waals surface area contributed by atoms with Crippen LogP contribution in [0.2, 0.25) is 0 Å². The van der Waals surface area contributed by atoms with Crippen molar-refractivity contribution in [1.82, 2.24) is 4.98 Å². The van der Waals surface area contributed by atoms with Gasteiger partial charge in [0.1, 0.15) is 7.05 Å². The van der Waals surface area contributed by atoms with Gasteiger partial charge in [-0.1, -0.05) is 32.9 Å². The average molecular weight is 374 g/mol. The van der Waals surface area contributed by atoms with Gasteiger partial charge < -0.3 is 4.42 Å². The van der Waals surface area contributed by atoms with E-state index in [-0.39, 0.29) is 0 Å². The van der Waals surface area contributed by atoms with Crippen LogP contribution in [-0.2, 0) is 13.5 Å². The molecule has 4 rings (SSSR count). The van der Waals surface area contributed by atoms with Gasteiger partial charge in [0, 0.05) is 28.1 Å². The summed E-state index contributed by atoms with van der Waals surface area (Å²) in [4.78, 5) is 4.70. The largest absolute Gasteiger partial charge is 0.437 e. The number of hydrogen-bond acceptors (Lipinski definition) is 2. The highest BCUT2D eigenvalue weighted by atomic mass is 16.3. The Labute approximate surface area is 167 Å². The number of furan rings is 1. The normalized spacial score (nSPS) is 11.8. The van der Waals surface area contributed by atoms with Crippen molar-refractivity contribution in [3.8, 4) is 11.3 Å². The molecule has 144 valence electrons. The van der Waals surface area contributed by atoms with Gasteiger partial charge in [0.05, 0.1) is 5.56 Å². The molecule has 28 heavy (non-hydrogen) atoms. The minimum Gasteiger partial charge on any atom is -0.437 e. The van der Waals surface area contributed by atoms with Gasteiger partial charge in [-0.3, -0.25) is 0 Å². The van der Waals surface area contributed by atoms with Crippen LogP contribution < -0.4 is 4.57 Å². The van der Waals surface area contributed by atoms with Crippen LogP contribution in [0.5, 0.6) is 0 Å². The Balaban J connectivity index is 1.94. The van der Waals surface area contributed by atoms with Crippen molar-refractivity contribution in [3.63, 3.8) is 0 Å². The first-order chi connectivity index (χ1) is 13.6. The van der Waals surface area contributed by atoms with E-state index in [0.29, 0.717) is 5.92 Å². The maximum atomic E-state index is 6.31. The molecule has 0 bridgehead atoms. The van der Waals surface area contributed by atoms with E-state index in [9.17, 15) is 0 Å². The molecular formula is C25H29N2O+. The molecule has 0 unspecified atom stereocenters. The molecule has 0 spiro atoms. The van der Waals surface area contributed by atoms with Crippen LogP contribution in [0.3, 0.4) is 0 Å².